The molecule has 0 amide bonds. The summed E-state index contributed by atoms with van der Waals surface area (Å²) in [5.41, 5.74) is 2.49. The zero-order valence-electron chi connectivity index (χ0n) is 10.9. The topological polar surface area (TPSA) is 43.1 Å². The van der Waals surface area contributed by atoms with Crippen LogP contribution in [0.3, 0.4) is 0 Å². The fraction of sp³-hybridized carbons (Fsp3) is 0.462. The van der Waals surface area contributed by atoms with Crippen LogP contribution < -0.4 is 5.30 Å². The summed E-state index contributed by atoms with van der Waals surface area (Å²) in [7, 11) is -2.39. The van der Waals surface area contributed by atoms with E-state index >= 15 is 0 Å². The molecule has 0 unspecified atom stereocenters. The first-order valence-electron chi connectivity index (χ1n) is 5.63. The molecule has 0 fully saturated rings. The highest BCUT2D eigenvalue weighted by Gasteiger charge is 2.27. The lowest BCUT2D eigenvalue weighted by molar-refractivity contribution is 0.580. The van der Waals surface area contributed by atoms with Gasteiger partial charge in [0.1, 0.15) is 12.7 Å². The van der Waals surface area contributed by atoms with Gasteiger partial charge < -0.3 is 8.98 Å². The Balaban J connectivity index is 2.90. The summed E-state index contributed by atoms with van der Waals surface area (Å²) in [6, 6.07) is 3.91. The van der Waals surface area contributed by atoms with E-state index in [1.807, 2.05) is 12.1 Å². The van der Waals surface area contributed by atoms with Crippen molar-refractivity contribution in [1.29, 1.82) is 0 Å². The smallest absolute Gasteiger partial charge is 0.182 e. The first-order valence-corrected chi connectivity index (χ1v) is 8.23. The third-order valence-electron chi connectivity index (χ3n) is 2.82. The van der Waals surface area contributed by atoms with Crippen LogP contribution in [0.15, 0.2) is 22.9 Å². The second kappa shape index (κ2) is 3.71. The Labute approximate surface area is 102 Å². The van der Waals surface area contributed by atoms with E-state index < -0.39 is 7.14 Å². The number of hydrogen-bond acceptors (Lipinski definition) is 3. The van der Waals surface area contributed by atoms with Gasteiger partial charge in [0.25, 0.3) is 0 Å². The van der Waals surface area contributed by atoms with Gasteiger partial charge in [0.05, 0.1) is 0 Å². The Morgan fingerprint density at radius 1 is 1.24 bits per heavy atom. The minimum atomic E-state index is -2.39. The fourth-order valence-corrected chi connectivity index (χ4v) is 3.74. The van der Waals surface area contributed by atoms with Gasteiger partial charge in [0.2, 0.25) is 0 Å². The highest BCUT2D eigenvalue weighted by Crippen LogP contribution is 2.41. The van der Waals surface area contributed by atoms with Crippen molar-refractivity contribution < 1.29 is 8.98 Å². The molecule has 17 heavy (non-hydrogen) atoms. The fourth-order valence-electron chi connectivity index (χ4n) is 2.07. The summed E-state index contributed by atoms with van der Waals surface area (Å²) >= 11 is 0. The van der Waals surface area contributed by atoms with Gasteiger partial charge in [0, 0.05) is 5.30 Å². The van der Waals surface area contributed by atoms with Gasteiger partial charge in [-0.1, -0.05) is 26.8 Å². The molecule has 4 heteroatoms. The lowest BCUT2D eigenvalue weighted by atomic mass is 9.87. The minimum Gasteiger partial charge on any atom is -0.443 e. The number of nitrogens with zero attached hydrogens (tertiary/aromatic N) is 1. The third kappa shape index (κ3) is 2.16. The Kier molecular flexibility index (Phi) is 2.70. The number of oxazole rings is 1. The minimum absolute atomic E-state index is 0.0514. The van der Waals surface area contributed by atoms with E-state index in [9.17, 15) is 4.57 Å². The summed E-state index contributed by atoms with van der Waals surface area (Å²) in [6.45, 7) is 9.92. The molecule has 0 aliphatic rings. The molecule has 0 spiro atoms. The Morgan fingerprint density at radius 2 is 1.88 bits per heavy atom. The van der Waals surface area contributed by atoms with Gasteiger partial charge in [-0.2, -0.15) is 0 Å². The molecule has 0 radical (unpaired) electrons. The van der Waals surface area contributed by atoms with Crippen molar-refractivity contribution in [1.82, 2.24) is 4.98 Å². The Hall–Kier alpha value is -1.08. The summed E-state index contributed by atoms with van der Waals surface area (Å²) in [4.78, 5) is 4.22. The van der Waals surface area contributed by atoms with E-state index in [1.165, 1.54) is 6.39 Å². The van der Waals surface area contributed by atoms with E-state index in [-0.39, 0.29) is 5.41 Å². The molecule has 2 aromatic rings. The average molecular weight is 251 g/mol. The summed E-state index contributed by atoms with van der Waals surface area (Å²) < 4.78 is 17.8. The molecular weight excluding hydrogens is 233 g/mol. The number of aromatic nitrogens is 1. The molecule has 2 rings (SSSR count). The van der Waals surface area contributed by atoms with Crippen LogP contribution >= 0.6 is 7.14 Å². The van der Waals surface area contributed by atoms with Gasteiger partial charge in [0.15, 0.2) is 12.0 Å². The molecule has 0 saturated heterocycles. The molecule has 0 saturated carbocycles. The van der Waals surface area contributed by atoms with Crippen molar-refractivity contribution in [3.63, 3.8) is 0 Å². The van der Waals surface area contributed by atoms with E-state index in [4.69, 9.17) is 4.42 Å². The van der Waals surface area contributed by atoms with Crippen LogP contribution in [-0.2, 0) is 9.98 Å². The maximum Gasteiger partial charge on any atom is 0.182 e. The molecule has 0 atom stereocenters. The first-order chi connectivity index (χ1) is 7.71. The molecule has 1 aromatic heterocycles. The van der Waals surface area contributed by atoms with Crippen molar-refractivity contribution in [2.75, 3.05) is 13.3 Å². The predicted octanol–water partition coefficient (Wildman–Crippen LogP) is 3.37. The molecular formula is C13H18NO2P. The largest absolute Gasteiger partial charge is 0.443 e. The van der Waals surface area contributed by atoms with Crippen molar-refractivity contribution in [3.8, 4) is 0 Å². The predicted molar refractivity (Wildman–Crippen MR) is 71.8 cm³/mol. The van der Waals surface area contributed by atoms with E-state index in [1.54, 1.807) is 13.3 Å². The van der Waals surface area contributed by atoms with Crippen LogP contribution in [0.5, 0.6) is 0 Å². The summed E-state index contributed by atoms with van der Waals surface area (Å²) in [5.74, 6) is 0. The monoisotopic (exact) mass is 251 g/mol. The number of rotatable bonds is 1. The quantitative estimate of drug-likeness (QED) is 0.730. The van der Waals surface area contributed by atoms with Crippen LogP contribution in [0.25, 0.3) is 11.1 Å². The number of fused-ring (bicyclic) bond motifs is 1. The number of benzene rings is 1. The molecule has 3 nitrogen and oxygen atoms in total. The van der Waals surface area contributed by atoms with Gasteiger partial charge in [-0.05, 0) is 30.4 Å². The van der Waals surface area contributed by atoms with Gasteiger partial charge in [-0.3, -0.25) is 0 Å². The van der Waals surface area contributed by atoms with Gasteiger partial charge in [-0.25, -0.2) is 4.98 Å². The molecule has 0 aliphatic heterocycles. The highest BCUT2D eigenvalue weighted by atomic mass is 31.2. The van der Waals surface area contributed by atoms with Crippen LogP contribution in [0.1, 0.15) is 26.3 Å². The Bertz CT molecular complexity index is 601. The van der Waals surface area contributed by atoms with Gasteiger partial charge in [-0.15, -0.1) is 0 Å². The van der Waals surface area contributed by atoms with Crippen molar-refractivity contribution in [2.24, 2.45) is 0 Å². The summed E-state index contributed by atoms with van der Waals surface area (Å²) in [6.07, 6.45) is 1.41. The van der Waals surface area contributed by atoms with Gasteiger partial charge >= 0.3 is 0 Å². The molecule has 1 aromatic carbocycles. The molecule has 0 bridgehead atoms. The maximum absolute atomic E-state index is 12.5. The molecule has 0 aliphatic carbocycles. The lowest BCUT2D eigenvalue weighted by Gasteiger charge is -2.24. The molecule has 0 N–H and O–H groups in total. The van der Waals surface area contributed by atoms with E-state index in [2.05, 4.69) is 25.8 Å². The standard InChI is InChI=1S/C13H18NO2P/c1-13(2,3)9-6-7-10-11(14-8-16-10)12(9)17(4,5)15/h6-8H,1-5H3. The highest BCUT2D eigenvalue weighted by molar-refractivity contribution is 7.70. The first kappa shape index (κ1) is 12.4. The van der Waals surface area contributed by atoms with Crippen LogP contribution in [0, 0.1) is 0 Å². The normalized spacial score (nSPS) is 13.2. The zero-order chi connectivity index (χ0) is 12.8. The van der Waals surface area contributed by atoms with Crippen LogP contribution in [0.4, 0.5) is 0 Å². The van der Waals surface area contributed by atoms with E-state index in [0.717, 1.165) is 16.4 Å². The SMILES string of the molecule is CC(C)(C)c1ccc2ocnc2c1P(C)(C)=O. The second-order valence-corrected chi connectivity index (χ2v) is 8.91. The van der Waals surface area contributed by atoms with Crippen LogP contribution in [-0.4, -0.2) is 18.3 Å². The summed E-state index contributed by atoms with van der Waals surface area (Å²) in [5, 5.41) is 0.858. The average Bonchev–Trinajstić information content (AvgIpc) is 2.59. The molecule has 92 valence electrons. The Morgan fingerprint density at radius 3 is 2.41 bits per heavy atom. The van der Waals surface area contributed by atoms with E-state index in [0.29, 0.717) is 5.58 Å². The lowest BCUT2D eigenvalue weighted by Crippen LogP contribution is -2.23. The maximum atomic E-state index is 12.5. The van der Waals surface area contributed by atoms with Crippen molar-refractivity contribution in [3.05, 3.63) is 24.1 Å². The third-order valence-corrected chi connectivity index (χ3v) is 4.35. The van der Waals surface area contributed by atoms with Crippen LogP contribution in [0.2, 0.25) is 0 Å². The molecule has 1 heterocycles. The van der Waals surface area contributed by atoms with Crippen molar-refractivity contribution in [2.45, 2.75) is 26.2 Å². The number of hydrogen-bond donors (Lipinski definition) is 0. The second-order valence-electron chi connectivity index (χ2n) is 5.76. The van der Waals surface area contributed by atoms with Crippen molar-refractivity contribution >= 4 is 23.5 Å². The zero-order valence-corrected chi connectivity index (χ0v) is 11.8.